The second kappa shape index (κ2) is 71.1. The molecule has 0 spiro atoms. The highest BCUT2D eigenvalue weighted by Gasteiger charge is 2.30. The minimum atomic E-state index is -4.96. The Morgan fingerprint density at radius 1 is 0.289 bits per heavy atom. The predicted molar refractivity (Wildman–Crippen MR) is 395 cm³/mol. The van der Waals surface area contributed by atoms with Crippen molar-refractivity contribution in [2.45, 2.75) is 432 Å². The van der Waals surface area contributed by atoms with Crippen LogP contribution in [0.15, 0.2) is 0 Å². The molecule has 0 aromatic rings. The third-order valence-electron chi connectivity index (χ3n) is 18.6. The first-order valence-electron chi connectivity index (χ1n) is 40.7. The number of ether oxygens (including phenoxy) is 4. The molecule has 3 N–H and O–H groups in total. The van der Waals surface area contributed by atoms with Gasteiger partial charge < -0.3 is 33.8 Å². The first kappa shape index (κ1) is 95.1. The average Bonchev–Trinajstić information content (AvgIpc) is 1.14. The molecule has 97 heavy (non-hydrogen) atoms. The van der Waals surface area contributed by atoms with Crippen LogP contribution in [0.25, 0.3) is 0 Å². The number of carbonyl (C=O) groups excluding carboxylic acids is 4. The molecule has 576 valence electrons. The van der Waals surface area contributed by atoms with Gasteiger partial charge in [-0.1, -0.05) is 362 Å². The first-order chi connectivity index (χ1) is 47.1. The Kier molecular flexibility index (Phi) is 69.6. The van der Waals surface area contributed by atoms with E-state index in [1.54, 1.807) is 0 Å². The van der Waals surface area contributed by atoms with Crippen LogP contribution in [0.2, 0.25) is 0 Å². The fourth-order valence-electron chi connectivity index (χ4n) is 12.0. The van der Waals surface area contributed by atoms with Crippen LogP contribution in [0.1, 0.15) is 413 Å². The second-order valence-electron chi connectivity index (χ2n) is 28.3. The molecular formula is C78H152O17P2. The Labute approximate surface area is 594 Å². The predicted octanol–water partition coefficient (Wildman–Crippen LogP) is 23.3. The van der Waals surface area contributed by atoms with Gasteiger partial charge in [0.05, 0.1) is 26.4 Å². The molecule has 0 saturated carbocycles. The van der Waals surface area contributed by atoms with E-state index in [2.05, 4.69) is 34.6 Å². The maximum Gasteiger partial charge on any atom is 0.472 e. The zero-order valence-electron chi connectivity index (χ0n) is 63.2. The van der Waals surface area contributed by atoms with Gasteiger partial charge in [-0.3, -0.25) is 37.3 Å². The fourth-order valence-corrected chi connectivity index (χ4v) is 13.6. The summed E-state index contributed by atoms with van der Waals surface area (Å²) in [6, 6.07) is 0. The summed E-state index contributed by atoms with van der Waals surface area (Å²) in [6.45, 7) is 7.31. The molecule has 0 amide bonds. The second-order valence-corrected chi connectivity index (χ2v) is 31.3. The van der Waals surface area contributed by atoms with Gasteiger partial charge in [0.15, 0.2) is 12.2 Å². The lowest BCUT2D eigenvalue weighted by atomic mass is 9.99. The zero-order chi connectivity index (χ0) is 71.2. The number of aliphatic hydroxyl groups excluding tert-OH is 1. The number of aliphatic hydroxyl groups is 1. The molecule has 0 aliphatic heterocycles. The van der Waals surface area contributed by atoms with Gasteiger partial charge in [-0.25, -0.2) is 9.13 Å². The summed E-state index contributed by atoms with van der Waals surface area (Å²) in [5, 5.41) is 10.6. The van der Waals surface area contributed by atoms with E-state index in [1.165, 1.54) is 238 Å². The molecule has 6 atom stereocenters. The monoisotopic (exact) mass is 1420 g/mol. The third-order valence-corrected chi connectivity index (χ3v) is 20.5. The Morgan fingerprint density at radius 3 is 0.732 bits per heavy atom. The lowest BCUT2D eigenvalue weighted by molar-refractivity contribution is -0.161. The van der Waals surface area contributed by atoms with E-state index < -0.39 is 97.5 Å². The van der Waals surface area contributed by atoms with Crippen molar-refractivity contribution >= 4 is 39.5 Å². The fraction of sp³-hybridized carbons (Fsp3) is 0.949. The lowest BCUT2D eigenvalue weighted by Crippen LogP contribution is -2.30. The summed E-state index contributed by atoms with van der Waals surface area (Å²) in [5.41, 5.74) is 0. The van der Waals surface area contributed by atoms with Crippen LogP contribution in [-0.2, 0) is 65.4 Å². The highest BCUT2D eigenvalue weighted by atomic mass is 31.2. The van der Waals surface area contributed by atoms with Crippen molar-refractivity contribution in [3.8, 4) is 0 Å². The van der Waals surface area contributed by atoms with Gasteiger partial charge in [-0.15, -0.1) is 0 Å². The van der Waals surface area contributed by atoms with Crippen molar-refractivity contribution in [1.29, 1.82) is 0 Å². The van der Waals surface area contributed by atoms with Crippen molar-refractivity contribution < 1.29 is 80.2 Å². The van der Waals surface area contributed by atoms with Crippen LogP contribution in [-0.4, -0.2) is 96.7 Å². The summed E-state index contributed by atoms with van der Waals surface area (Å²) in [4.78, 5) is 72.9. The van der Waals surface area contributed by atoms with Crippen LogP contribution in [0.3, 0.4) is 0 Å². The molecule has 0 saturated heterocycles. The molecule has 0 bridgehead atoms. The minimum absolute atomic E-state index is 0.106. The Hall–Kier alpha value is -1.94. The topological polar surface area (TPSA) is 237 Å². The van der Waals surface area contributed by atoms with E-state index in [4.69, 9.17) is 37.0 Å². The van der Waals surface area contributed by atoms with Gasteiger partial charge in [0.25, 0.3) is 0 Å². The molecule has 0 aliphatic rings. The molecule has 19 heteroatoms. The maximum absolute atomic E-state index is 13.1. The van der Waals surface area contributed by atoms with Gasteiger partial charge in [0.1, 0.15) is 19.3 Å². The zero-order valence-corrected chi connectivity index (χ0v) is 65.0. The Balaban J connectivity index is 5.25. The summed E-state index contributed by atoms with van der Waals surface area (Å²) in [6.07, 6.45) is 60.9. The van der Waals surface area contributed by atoms with E-state index in [0.717, 1.165) is 95.8 Å². The van der Waals surface area contributed by atoms with Crippen LogP contribution < -0.4 is 0 Å². The highest BCUT2D eigenvalue weighted by Crippen LogP contribution is 2.45. The molecule has 0 radical (unpaired) electrons. The SMILES string of the molecule is CCCCCCCCCCCCCCCCCCCC(=O)O[C@H](COC(=O)CCCCCCCCCCCCCCCCCC)COP(=O)(O)OC[C@@H](O)COP(=O)(O)OC[C@@H](COC(=O)CCCCCCCCCCCCCC)OC(=O)CCCCCCCCCCC(C)CC. The molecule has 0 rings (SSSR count). The Morgan fingerprint density at radius 2 is 0.495 bits per heavy atom. The number of phosphoric ester groups is 2. The number of hydrogen-bond donors (Lipinski definition) is 3. The van der Waals surface area contributed by atoms with E-state index in [0.29, 0.717) is 25.7 Å². The molecule has 0 fully saturated rings. The molecule has 17 nitrogen and oxygen atoms in total. The third kappa shape index (κ3) is 70.9. The molecule has 0 aliphatic carbocycles. The maximum atomic E-state index is 13.1. The van der Waals surface area contributed by atoms with Crippen molar-refractivity contribution in [3.05, 3.63) is 0 Å². The van der Waals surface area contributed by atoms with Crippen molar-refractivity contribution in [2.75, 3.05) is 39.6 Å². The van der Waals surface area contributed by atoms with E-state index >= 15 is 0 Å². The minimum Gasteiger partial charge on any atom is -0.462 e. The molecule has 0 aromatic carbocycles. The van der Waals surface area contributed by atoms with Gasteiger partial charge in [0.2, 0.25) is 0 Å². The van der Waals surface area contributed by atoms with Crippen molar-refractivity contribution in [2.24, 2.45) is 5.92 Å². The normalized spacial score (nSPS) is 14.2. The number of carbonyl (C=O) groups is 4. The van der Waals surface area contributed by atoms with E-state index in [1.807, 2.05) is 0 Å². The number of phosphoric acid groups is 2. The number of unbranched alkanes of at least 4 members (excludes halogenated alkanes) is 49. The van der Waals surface area contributed by atoms with Crippen LogP contribution in [0, 0.1) is 5.92 Å². The number of rotatable bonds is 78. The van der Waals surface area contributed by atoms with Gasteiger partial charge in [-0.05, 0) is 31.6 Å². The largest absolute Gasteiger partial charge is 0.472 e. The van der Waals surface area contributed by atoms with E-state index in [9.17, 15) is 43.2 Å². The van der Waals surface area contributed by atoms with Crippen molar-refractivity contribution in [3.63, 3.8) is 0 Å². The quantitative estimate of drug-likeness (QED) is 0.0222. The lowest BCUT2D eigenvalue weighted by Gasteiger charge is -2.21. The summed E-state index contributed by atoms with van der Waals surface area (Å²) in [7, 11) is -9.91. The van der Waals surface area contributed by atoms with Crippen LogP contribution in [0.5, 0.6) is 0 Å². The first-order valence-corrected chi connectivity index (χ1v) is 43.7. The van der Waals surface area contributed by atoms with Gasteiger partial charge in [0, 0.05) is 25.7 Å². The highest BCUT2D eigenvalue weighted by molar-refractivity contribution is 7.47. The number of esters is 4. The summed E-state index contributed by atoms with van der Waals surface area (Å²) in [5.74, 6) is -1.34. The van der Waals surface area contributed by atoms with Gasteiger partial charge in [-0.2, -0.15) is 0 Å². The molecule has 0 heterocycles. The van der Waals surface area contributed by atoms with Crippen LogP contribution in [0.4, 0.5) is 0 Å². The smallest absolute Gasteiger partial charge is 0.462 e. The van der Waals surface area contributed by atoms with Crippen molar-refractivity contribution in [1.82, 2.24) is 0 Å². The average molecular weight is 1420 g/mol. The Bertz CT molecular complexity index is 1860. The standard InChI is InChI=1S/C78H152O17P2/c1-6-10-13-16-19-22-25-28-30-32-34-36-39-42-48-53-58-63-77(82)94-73(67-88-76(81)62-57-52-47-41-38-35-33-31-29-26-23-20-17-14-11-7-2)69-92-96(84,85)90-65-72(79)66-91-97(86,87)93-70-74(95-78(83)64-59-54-49-44-43-45-50-55-60-71(5)9-4)68-89-75(80)61-56-51-46-40-37-27-24-21-18-15-12-8-3/h71-74,79H,6-70H2,1-5H3,(H,84,85)(H,86,87)/t71?,72-,73-,74-/m1/s1. The summed E-state index contributed by atoms with van der Waals surface area (Å²) >= 11 is 0. The van der Waals surface area contributed by atoms with E-state index in [-0.39, 0.29) is 25.7 Å². The molecule has 3 unspecified atom stereocenters. The number of hydrogen-bond acceptors (Lipinski definition) is 15. The van der Waals surface area contributed by atoms with Crippen LogP contribution >= 0.6 is 15.6 Å². The molecular weight excluding hydrogens is 1270 g/mol. The molecule has 0 aromatic heterocycles. The van der Waals surface area contributed by atoms with Gasteiger partial charge >= 0.3 is 39.5 Å². The summed E-state index contributed by atoms with van der Waals surface area (Å²) < 4.78 is 68.6.